The van der Waals surface area contributed by atoms with Crippen LogP contribution in [-0.4, -0.2) is 113 Å². The second-order valence-electron chi connectivity index (χ2n) is 18.5. The van der Waals surface area contributed by atoms with E-state index in [2.05, 4.69) is 16.0 Å². The van der Waals surface area contributed by atoms with E-state index in [-0.39, 0.29) is 12.8 Å². The summed E-state index contributed by atoms with van der Waals surface area (Å²) in [5.41, 5.74) is 0. The number of phosphoric ester groups is 3. The zero-order valence-corrected chi connectivity index (χ0v) is 44.1. The highest BCUT2D eigenvalue weighted by atomic mass is 31.2. The minimum atomic E-state index is -5.60. The van der Waals surface area contributed by atoms with Gasteiger partial charge in [0, 0.05) is 25.7 Å². The van der Waals surface area contributed by atoms with Crippen LogP contribution in [0.4, 0.5) is 0 Å². The summed E-state index contributed by atoms with van der Waals surface area (Å²) in [5.74, 6) is -0.928. The van der Waals surface area contributed by atoms with E-state index in [1.807, 2.05) is 6.92 Å². The number of esters is 2. The second-order valence-corrected chi connectivity index (χ2v) is 22.2. The van der Waals surface area contributed by atoms with Gasteiger partial charge in [-0.05, 0) is 25.7 Å². The van der Waals surface area contributed by atoms with Crippen LogP contribution in [0.15, 0.2) is 0 Å². The number of unbranched alkanes of at least 4 members (excludes halogenated alkanes) is 25. The Morgan fingerprint density at radius 1 is 0.420 bits per heavy atom. The normalized spacial score (nSPS) is 21.2. The minimum absolute atomic E-state index is 0.00318. The number of rotatable bonds is 45. The predicted octanol–water partition coefficient (Wildman–Crippen LogP) is 9.09. The SMILES string of the molecule is CCCCCCCCCCCCCCCC(=O)O[C@H](COC(=O)CCCCCCCCCCCCCCCCC(=O)CCC)COP(=O)(O)OC1C(O)[C@@H](O)C(OP(=O)(O)O)[C@@H](OP(=O)(O)O)[C@H]1O. The molecule has 408 valence electrons. The van der Waals surface area contributed by atoms with Gasteiger partial charge < -0.3 is 49.3 Å². The molecular weight excluding hydrogens is 965 g/mol. The standard InChI is InChI=1S/C46H89O20P3/c1-3-5-6-7-8-9-10-13-18-21-24-27-30-34-40(49)63-38(35-61-39(48)33-29-26-23-20-17-15-12-11-14-16-19-22-25-28-32-37(47)31-4-2)36-62-69(59,60)66-44-41(50)42(51)45(64-67(53,54)55)46(43(44)52)65-68(56,57)58/h38,41-46,50-52H,3-36H2,1-2H3,(H,59,60)(H2,53,54,55)(H2,56,57,58)/t38-,41?,42-,43+,44?,45?,46+/m1/s1. The largest absolute Gasteiger partial charge is 0.472 e. The van der Waals surface area contributed by atoms with Gasteiger partial charge in [-0.2, -0.15) is 0 Å². The summed E-state index contributed by atoms with van der Waals surface area (Å²) in [6, 6.07) is 0. The molecule has 1 aliphatic carbocycles. The van der Waals surface area contributed by atoms with Crippen molar-refractivity contribution in [2.45, 2.75) is 262 Å². The van der Waals surface area contributed by atoms with Gasteiger partial charge in [-0.15, -0.1) is 0 Å². The molecule has 69 heavy (non-hydrogen) atoms. The molecule has 0 aromatic heterocycles. The lowest BCUT2D eigenvalue weighted by atomic mass is 9.85. The van der Waals surface area contributed by atoms with Crippen LogP contribution in [0.2, 0.25) is 0 Å². The van der Waals surface area contributed by atoms with Crippen molar-refractivity contribution in [1.29, 1.82) is 0 Å². The summed E-state index contributed by atoms with van der Waals surface area (Å²) in [5, 5.41) is 31.9. The lowest BCUT2D eigenvalue weighted by Gasteiger charge is -2.44. The number of carbonyl (C=O) groups is 3. The monoisotopic (exact) mass is 1050 g/mol. The first-order chi connectivity index (χ1) is 32.7. The van der Waals surface area contributed by atoms with Crippen LogP contribution in [0.5, 0.6) is 0 Å². The van der Waals surface area contributed by atoms with Crippen LogP contribution >= 0.6 is 23.5 Å². The van der Waals surface area contributed by atoms with Gasteiger partial charge in [-0.25, -0.2) is 13.7 Å². The Kier molecular flexibility index (Phi) is 36.6. The number of phosphoric acid groups is 3. The van der Waals surface area contributed by atoms with Crippen molar-refractivity contribution in [3.63, 3.8) is 0 Å². The van der Waals surface area contributed by atoms with Crippen LogP contribution in [0.25, 0.3) is 0 Å². The molecule has 4 unspecified atom stereocenters. The van der Waals surface area contributed by atoms with Crippen molar-refractivity contribution in [2.75, 3.05) is 13.2 Å². The average molecular weight is 1060 g/mol. The van der Waals surface area contributed by atoms with Gasteiger partial charge in [0.15, 0.2) is 6.10 Å². The topological polar surface area (TPSA) is 320 Å². The molecule has 1 fully saturated rings. The minimum Gasteiger partial charge on any atom is -0.462 e. The molecule has 1 saturated carbocycles. The van der Waals surface area contributed by atoms with E-state index in [0.717, 1.165) is 83.5 Å². The zero-order chi connectivity index (χ0) is 51.6. The maximum Gasteiger partial charge on any atom is 0.472 e. The summed E-state index contributed by atoms with van der Waals surface area (Å²) in [7, 11) is -16.6. The molecule has 0 amide bonds. The number of ketones is 1. The van der Waals surface area contributed by atoms with E-state index in [1.54, 1.807) is 0 Å². The molecule has 20 nitrogen and oxygen atoms in total. The van der Waals surface area contributed by atoms with E-state index >= 15 is 0 Å². The smallest absolute Gasteiger partial charge is 0.462 e. The lowest BCUT2D eigenvalue weighted by molar-refractivity contribution is -0.213. The molecule has 0 bridgehead atoms. The third-order valence-corrected chi connectivity index (χ3v) is 14.1. The zero-order valence-electron chi connectivity index (χ0n) is 41.4. The Labute approximate surface area is 410 Å². The van der Waals surface area contributed by atoms with Crippen molar-refractivity contribution >= 4 is 41.2 Å². The van der Waals surface area contributed by atoms with Crippen molar-refractivity contribution in [3.8, 4) is 0 Å². The van der Waals surface area contributed by atoms with Gasteiger partial charge in [0.25, 0.3) is 0 Å². The second kappa shape index (κ2) is 38.4. The maximum atomic E-state index is 13.1. The van der Waals surface area contributed by atoms with Crippen LogP contribution in [0, 0.1) is 0 Å². The van der Waals surface area contributed by atoms with Crippen LogP contribution in [0.1, 0.15) is 219 Å². The Hall–Kier alpha value is -1.18. The molecule has 1 aliphatic rings. The molecule has 0 spiro atoms. The highest BCUT2D eigenvalue weighted by Gasteiger charge is 2.56. The number of ether oxygens (including phenoxy) is 2. The fourth-order valence-corrected chi connectivity index (χ4v) is 10.3. The van der Waals surface area contributed by atoms with Crippen molar-refractivity contribution in [1.82, 2.24) is 0 Å². The molecule has 23 heteroatoms. The Bertz CT molecular complexity index is 1510. The lowest BCUT2D eigenvalue weighted by Crippen LogP contribution is -2.65. The molecular formula is C46H89O20P3. The fourth-order valence-electron chi connectivity index (χ4n) is 8.24. The third-order valence-electron chi connectivity index (χ3n) is 12.0. The predicted molar refractivity (Wildman–Crippen MR) is 257 cm³/mol. The number of hydrogen-bond donors (Lipinski definition) is 8. The maximum absolute atomic E-state index is 13.1. The van der Waals surface area contributed by atoms with Crippen molar-refractivity contribution in [2.24, 2.45) is 0 Å². The Morgan fingerprint density at radius 3 is 1.19 bits per heavy atom. The van der Waals surface area contributed by atoms with Gasteiger partial charge in [0.05, 0.1) is 6.61 Å². The molecule has 0 aromatic carbocycles. The van der Waals surface area contributed by atoms with Crippen LogP contribution in [0.3, 0.4) is 0 Å². The average Bonchev–Trinajstić information content (AvgIpc) is 3.27. The Morgan fingerprint density at radius 2 is 0.783 bits per heavy atom. The molecule has 0 aromatic rings. The number of carbonyl (C=O) groups excluding carboxylic acids is 3. The van der Waals surface area contributed by atoms with E-state index in [9.17, 15) is 67.9 Å². The Balaban J connectivity index is 2.64. The van der Waals surface area contributed by atoms with Crippen molar-refractivity contribution < 1.29 is 95.4 Å². The number of aliphatic hydroxyl groups excluding tert-OH is 3. The summed E-state index contributed by atoms with van der Waals surface area (Å²) in [6.07, 6.45) is 15.2. The molecule has 0 radical (unpaired) electrons. The molecule has 0 aliphatic heterocycles. The molecule has 1 rings (SSSR count). The van der Waals surface area contributed by atoms with Gasteiger partial charge in [0.2, 0.25) is 0 Å². The summed E-state index contributed by atoms with van der Waals surface area (Å²) in [6.45, 7) is 2.74. The van der Waals surface area contributed by atoms with Gasteiger partial charge >= 0.3 is 35.4 Å². The van der Waals surface area contributed by atoms with E-state index in [1.165, 1.54) is 83.5 Å². The highest BCUT2D eigenvalue weighted by Crippen LogP contribution is 2.51. The molecule has 0 saturated heterocycles. The van der Waals surface area contributed by atoms with Gasteiger partial charge in [-0.3, -0.25) is 32.5 Å². The van der Waals surface area contributed by atoms with Crippen LogP contribution in [-0.2, 0) is 55.6 Å². The summed E-state index contributed by atoms with van der Waals surface area (Å²) in [4.78, 5) is 84.9. The number of hydrogen-bond acceptors (Lipinski definition) is 15. The van der Waals surface area contributed by atoms with Gasteiger partial charge in [-0.1, -0.05) is 168 Å². The molecule has 8 N–H and O–H groups in total. The van der Waals surface area contributed by atoms with Crippen LogP contribution < -0.4 is 0 Å². The summed E-state index contributed by atoms with van der Waals surface area (Å²) >= 11 is 0. The number of aliphatic hydroxyl groups is 3. The van der Waals surface area contributed by atoms with Gasteiger partial charge in [0.1, 0.15) is 49.0 Å². The third kappa shape index (κ3) is 34.8. The van der Waals surface area contributed by atoms with Crippen molar-refractivity contribution in [3.05, 3.63) is 0 Å². The fraction of sp³-hybridized carbons (Fsp3) is 0.935. The quantitative estimate of drug-likeness (QED) is 0.0160. The van der Waals surface area contributed by atoms with E-state index in [4.69, 9.17) is 18.5 Å². The van der Waals surface area contributed by atoms with E-state index in [0.29, 0.717) is 31.5 Å². The first-order valence-electron chi connectivity index (χ1n) is 25.7. The first-order valence-corrected chi connectivity index (χ1v) is 30.3. The van der Waals surface area contributed by atoms with E-state index < -0.39 is 91.3 Å². The summed E-state index contributed by atoms with van der Waals surface area (Å²) < 4.78 is 65.5. The molecule has 8 atom stereocenters. The number of Topliss-reactive ketones (excluding diaryl/α,β-unsaturated/α-hetero) is 1. The highest BCUT2D eigenvalue weighted by molar-refractivity contribution is 7.47. The first kappa shape index (κ1) is 65.8. The molecule has 0 heterocycles.